The third-order valence-corrected chi connectivity index (χ3v) is 2.56. The van der Waals surface area contributed by atoms with Crippen LogP contribution in [0.2, 0.25) is 0 Å². The van der Waals surface area contributed by atoms with Crippen molar-refractivity contribution in [2.45, 2.75) is 6.42 Å². The number of amides is 1. The monoisotopic (exact) mass is 374 g/mol. The van der Waals surface area contributed by atoms with Gasteiger partial charge < -0.3 is 15.5 Å². The molecule has 0 fully saturated rings. The van der Waals surface area contributed by atoms with Crippen LogP contribution in [0.15, 0.2) is 4.99 Å². The first-order chi connectivity index (χ1) is 7.61. The van der Waals surface area contributed by atoms with Crippen LogP contribution in [0.3, 0.4) is 0 Å². The maximum atomic E-state index is 11.3. The van der Waals surface area contributed by atoms with Gasteiger partial charge in [-0.3, -0.25) is 9.79 Å². The molecule has 0 spiro atoms. The molecule has 1 amide bonds. The molecule has 0 aliphatic carbocycles. The summed E-state index contributed by atoms with van der Waals surface area (Å²) in [5.74, 6) is 1.91. The molecule has 0 saturated carbocycles. The van der Waals surface area contributed by atoms with Crippen LogP contribution in [-0.2, 0) is 4.79 Å². The third kappa shape index (κ3) is 10.7. The molecular formula is C10H23IN4OS. The minimum absolute atomic E-state index is 0. The smallest absolute Gasteiger partial charge is 0.223 e. The van der Waals surface area contributed by atoms with Crippen molar-refractivity contribution in [3.8, 4) is 0 Å². The van der Waals surface area contributed by atoms with Gasteiger partial charge in [0.15, 0.2) is 5.96 Å². The number of nitrogens with one attached hydrogen (secondary N) is 2. The maximum Gasteiger partial charge on any atom is 0.223 e. The van der Waals surface area contributed by atoms with Crippen LogP contribution < -0.4 is 10.6 Å². The number of hydrogen-bond donors (Lipinski definition) is 2. The van der Waals surface area contributed by atoms with Gasteiger partial charge in [0.05, 0.1) is 0 Å². The Kier molecular flexibility index (Phi) is 13.8. The lowest BCUT2D eigenvalue weighted by Gasteiger charge is -2.13. The van der Waals surface area contributed by atoms with Crippen molar-refractivity contribution in [1.82, 2.24) is 15.5 Å². The van der Waals surface area contributed by atoms with Gasteiger partial charge in [-0.2, -0.15) is 11.8 Å². The molecule has 7 heteroatoms. The summed E-state index contributed by atoms with van der Waals surface area (Å²) < 4.78 is 0. The summed E-state index contributed by atoms with van der Waals surface area (Å²) in [6.45, 7) is 1.48. The van der Waals surface area contributed by atoms with Gasteiger partial charge in [-0.25, -0.2) is 0 Å². The molecule has 0 aliphatic rings. The zero-order valence-electron chi connectivity index (χ0n) is 10.9. The van der Waals surface area contributed by atoms with Gasteiger partial charge >= 0.3 is 0 Å². The van der Waals surface area contributed by atoms with Crippen LogP contribution in [0.4, 0.5) is 0 Å². The molecule has 0 aliphatic heterocycles. The van der Waals surface area contributed by atoms with E-state index in [2.05, 4.69) is 21.9 Å². The molecule has 0 unspecified atom stereocenters. The molecule has 0 aromatic heterocycles. The molecule has 17 heavy (non-hydrogen) atoms. The Labute approximate surface area is 125 Å². The number of halogens is 1. The lowest BCUT2D eigenvalue weighted by atomic mass is 10.4. The van der Waals surface area contributed by atoms with Crippen molar-refractivity contribution in [1.29, 1.82) is 0 Å². The first-order valence-electron chi connectivity index (χ1n) is 5.25. The van der Waals surface area contributed by atoms with Crippen LogP contribution in [0.5, 0.6) is 0 Å². The largest absolute Gasteiger partial charge is 0.356 e. The van der Waals surface area contributed by atoms with E-state index in [1.54, 1.807) is 37.8 Å². The van der Waals surface area contributed by atoms with Gasteiger partial charge in [-0.15, -0.1) is 24.0 Å². The molecule has 2 N–H and O–H groups in total. The SMILES string of the molecule is CN=C(NCCSC)NCCC(=O)N(C)C.I. The lowest BCUT2D eigenvalue weighted by Crippen LogP contribution is -2.40. The van der Waals surface area contributed by atoms with Crippen molar-refractivity contribution in [2.75, 3.05) is 46.2 Å². The molecular weight excluding hydrogens is 351 g/mol. The van der Waals surface area contributed by atoms with Crippen LogP contribution in [0.1, 0.15) is 6.42 Å². The summed E-state index contributed by atoms with van der Waals surface area (Å²) in [5, 5.41) is 6.26. The molecule has 0 aromatic rings. The van der Waals surface area contributed by atoms with Crippen molar-refractivity contribution < 1.29 is 4.79 Å². The molecule has 0 aromatic carbocycles. The number of thioether (sulfide) groups is 1. The van der Waals surface area contributed by atoms with E-state index in [1.165, 1.54) is 0 Å². The van der Waals surface area contributed by atoms with Gasteiger partial charge in [0.2, 0.25) is 5.91 Å². The third-order valence-electron chi connectivity index (χ3n) is 1.95. The van der Waals surface area contributed by atoms with Gasteiger partial charge in [-0.05, 0) is 6.26 Å². The lowest BCUT2D eigenvalue weighted by molar-refractivity contribution is -0.128. The van der Waals surface area contributed by atoms with Crippen molar-refractivity contribution in [3.05, 3.63) is 0 Å². The Balaban J connectivity index is 0. The molecule has 102 valence electrons. The molecule has 0 radical (unpaired) electrons. The summed E-state index contributed by atoms with van der Waals surface area (Å²) in [7, 11) is 5.24. The van der Waals surface area contributed by atoms with E-state index in [0.717, 1.165) is 18.3 Å². The van der Waals surface area contributed by atoms with Gasteiger partial charge in [0.25, 0.3) is 0 Å². The van der Waals surface area contributed by atoms with Crippen LogP contribution >= 0.6 is 35.7 Å². The standard InChI is InChI=1S/C10H22N4OS.HI/c1-11-10(13-7-8-16-4)12-6-5-9(15)14(2)3;/h5-8H2,1-4H3,(H2,11,12,13);1H. The Morgan fingerprint density at radius 1 is 1.29 bits per heavy atom. The van der Waals surface area contributed by atoms with Crippen LogP contribution in [-0.4, -0.2) is 63.0 Å². The molecule has 0 atom stereocenters. The number of rotatable bonds is 6. The van der Waals surface area contributed by atoms with Crippen molar-refractivity contribution in [2.24, 2.45) is 4.99 Å². The second-order valence-corrected chi connectivity index (χ2v) is 4.44. The average Bonchev–Trinajstić information content (AvgIpc) is 2.26. The second-order valence-electron chi connectivity index (χ2n) is 3.46. The van der Waals surface area contributed by atoms with E-state index in [1.807, 2.05) is 0 Å². The minimum atomic E-state index is 0. The first-order valence-corrected chi connectivity index (χ1v) is 6.64. The summed E-state index contributed by atoms with van der Waals surface area (Å²) in [4.78, 5) is 16.9. The van der Waals surface area contributed by atoms with E-state index in [0.29, 0.717) is 13.0 Å². The number of hydrogen-bond acceptors (Lipinski definition) is 3. The highest BCUT2D eigenvalue weighted by Crippen LogP contribution is 1.87. The topological polar surface area (TPSA) is 56.7 Å². The molecule has 0 bridgehead atoms. The predicted molar refractivity (Wildman–Crippen MR) is 86.5 cm³/mol. The zero-order valence-corrected chi connectivity index (χ0v) is 14.1. The number of nitrogens with zero attached hydrogens (tertiary/aromatic N) is 2. The summed E-state index contributed by atoms with van der Waals surface area (Å²) in [6, 6.07) is 0. The maximum absolute atomic E-state index is 11.3. The molecule has 5 nitrogen and oxygen atoms in total. The Hall–Kier alpha value is -0.180. The van der Waals surface area contributed by atoms with E-state index in [4.69, 9.17) is 0 Å². The number of carbonyl (C=O) groups is 1. The minimum Gasteiger partial charge on any atom is -0.356 e. The zero-order chi connectivity index (χ0) is 12.4. The molecule has 0 saturated heterocycles. The highest BCUT2D eigenvalue weighted by Gasteiger charge is 2.03. The first kappa shape index (κ1) is 19.2. The Morgan fingerprint density at radius 3 is 2.35 bits per heavy atom. The highest BCUT2D eigenvalue weighted by atomic mass is 127. The predicted octanol–water partition coefficient (Wildman–Crippen LogP) is 0.611. The molecule has 0 heterocycles. The fourth-order valence-corrected chi connectivity index (χ4v) is 1.31. The number of carbonyl (C=O) groups excluding carboxylic acids is 1. The van der Waals surface area contributed by atoms with Crippen LogP contribution in [0.25, 0.3) is 0 Å². The van der Waals surface area contributed by atoms with Gasteiger partial charge in [0.1, 0.15) is 0 Å². The van der Waals surface area contributed by atoms with E-state index in [-0.39, 0.29) is 29.9 Å². The Bertz CT molecular complexity index is 236. The summed E-state index contributed by atoms with van der Waals surface area (Å²) in [6.07, 6.45) is 2.55. The fraction of sp³-hybridized carbons (Fsp3) is 0.800. The summed E-state index contributed by atoms with van der Waals surface area (Å²) >= 11 is 1.78. The second kappa shape index (κ2) is 12.3. The van der Waals surface area contributed by atoms with Crippen molar-refractivity contribution in [3.63, 3.8) is 0 Å². The molecule has 0 rings (SSSR count). The van der Waals surface area contributed by atoms with E-state index >= 15 is 0 Å². The average molecular weight is 374 g/mol. The van der Waals surface area contributed by atoms with Gasteiger partial charge in [-0.1, -0.05) is 0 Å². The van der Waals surface area contributed by atoms with Gasteiger partial charge in [0, 0.05) is 46.4 Å². The van der Waals surface area contributed by atoms with Crippen LogP contribution in [0, 0.1) is 0 Å². The Morgan fingerprint density at radius 2 is 1.88 bits per heavy atom. The highest BCUT2D eigenvalue weighted by molar-refractivity contribution is 14.0. The van der Waals surface area contributed by atoms with E-state index < -0.39 is 0 Å². The normalized spacial score (nSPS) is 10.5. The number of aliphatic imine (C=N–C) groups is 1. The number of guanidine groups is 1. The van der Waals surface area contributed by atoms with E-state index in [9.17, 15) is 4.79 Å². The quantitative estimate of drug-likeness (QED) is 0.310. The fourth-order valence-electron chi connectivity index (χ4n) is 1.00. The van der Waals surface area contributed by atoms with Crippen molar-refractivity contribution >= 4 is 47.6 Å². The summed E-state index contributed by atoms with van der Waals surface area (Å²) in [5.41, 5.74) is 0.